The Labute approximate surface area is 125 Å². The van der Waals surface area contributed by atoms with Gasteiger partial charge in [0, 0.05) is 13.0 Å². The van der Waals surface area contributed by atoms with Crippen LogP contribution in [0, 0.1) is 13.8 Å². The smallest absolute Gasteiger partial charge is 0.326 e. The Kier molecular flexibility index (Phi) is 4.99. The van der Waals surface area contributed by atoms with E-state index in [0.717, 1.165) is 18.4 Å². The summed E-state index contributed by atoms with van der Waals surface area (Å²) in [6, 6.07) is 5.65. The molecule has 4 nitrogen and oxygen atoms in total. The van der Waals surface area contributed by atoms with Gasteiger partial charge in [-0.25, -0.2) is 4.79 Å². The fourth-order valence-corrected chi connectivity index (χ4v) is 3.10. The van der Waals surface area contributed by atoms with Crippen molar-refractivity contribution in [2.75, 3.05) is 6.54 Å². The number of hydrogen-bond donors (Lipinski definition) is 1. The van der Waals surface area contributed by atoms with Crippen LogP contribution in [0.4, 0.5) is 0 Å². The molecule has 1 fully saturated rings. The lowest BCUT2D eigenvalue weighted by Gasteiger charge is -2.33. The Morgan fingerprint density at radius 1 is 1.19 bits per heavy atom. The molecule has 1 aliphatic rings. The number of rotatable bonds is 4. The summed E-state index contributed by atoms with van der Waals surface area (Å²) in [5, 5.41) is 9.22. The van der Waals surface area contributed by atoms with Crippen LogP contribution < -0.4 is 0 Å². The number of piperidine rings is 1. The molecular weight excluding hydrogens is 266 g/mol. The van der Waals surface area contributed by atoms with E-state index in [9.17, 15) is 14.7 Å². The van der Waals surface area contributed by atoms with Gasteiger partial charge < -0.3 is 10.0 Å². The first kappa shape index (κ1) is 15.5. The number of benzene rings is 1. The van der Waals surface area contributed by atoms with Gasteiger partial charge in [-0.3, -0.25) is 4.79 Å². The number of carbonyl (C=O) groups is 2. The molecule has 1 heterocycles. The quantitative estimate of drug-likeness (QED) is 0.927. The summed E-state index contributed by atoms with van der Waals surface area (Å²) in [5.74, 6) is -0.921. The fourth-order valence-electron chi connectivity index (χ4n) is 3.10. The average molecular weight is 289 g/mol. The van der Waals surface area contributed by atoms with Crippen LogP contribution in [-0.2, 0) is 16.0 Å². The minimum absolute atomic E-state index is 0.0405. The predicted octanol–water partition coefficient (Wildman–Crippen LogP) is 2.70. The number of carboxylic acid groups (broad SMARTS) is 1. The van der Waals surface area contributed by atoms with E-state index >= 15 is 0 Å². The summed E-state index contributed by atoms with van der Waals surface area (Å²) in [6.07, 6.45) is 3.42. The van der Waals surface area contributed by atoms with Crippen LogP contribution in [0.25, 0.3) is 0 Å². The van der Waals surface area contributed by atoms with Gasteiger partial charge in [-0.2, -0.15) is 0 Å². The third-order valence-electron chi connectivity index (χ3n) is 4.02. The van der Waals surface area contributed by atoms with Crippen LogP contribution in [0.15, 0.2) is 18.2 Å². The highest BCUT2D eigenvalue weighted by atomic mass is 16.4. The molecule has 1 amide bonds. The second-order valence-corrected chi connectivity index (χ2v) is 5.93. The summed E-state index contributed by atoms with van der Waals surface area (Å²) >= 11 is 0. The number of amides is 1. The van der Waals surface area contributed by atoms with Crippen molar-refractivity contribution in [2.45, 2.75) is 52.0 Å². The molecular formula is C17H23NO3. The number of aryl methyl sites for hydroxylation is 3. The highest BCUT2D eigenvalue weighted by Crippen LogP contribution is 2.19. The minimum atomic E-state index is -0.880. The van der Waals surface area contributed by atoms with Gasteiger partial charge in [0.15, 0.2) is 0 Å². The fraction of sp³-hybridized carbons (Fsp3) is 0.529. The zero-order chi connectivity index (χ0) is 15.4. The SMILES string of the molecule is Cc1cc(C)cc(CCC(=O)N2CCCCC2C(=O)O)c1. The van der Waals surface area contributed by atoms with Crippen molar-refractivity contribution in [3.8, 4) is 0 Å². The van der Waals surface area contributed by atoms with Crippen molar-refractivity contribution in [2.24, 2.45) is 0 Å². The molecule has 0 saturated carbocycles. The van der Waals surface area contributed by atoms with Gasteiger partial charge in [-0.15, -0.1) is 0 Å². The monoisotopic (exact) mass is 289 g/mol. The Bertz CT molecular complexity index is 519. The zero-order valence-electron chi connectivity index (χ0n) is 12.8. The van der Waals surface area contributed by atoms with Crippen molar-refractivity contribution < 1.29 is 14.7 Å². The van der Waals surface area contributed by atoms with Crippen LogP contribution in [0.3, 0.4) is 0 Å². The second-order valence-electron chi connectivity index (χ2n) is 5.93. The van der Waals surface area contributed by atoms with E-state index in [-0.39, 0.29) is 5.91 Å². The van der Waals surface area contributed by atoms with Gasteiger partial charge in [0.2, 0.25) is 5.91 Å². The zero-order valence-corrected chi connectivity index (χ0v) is 12.8. The number of carboxylic acids is 1. The maximum absolute atomic E-state index is 12.3. The van der Waals surface area contributed by atoms with Crippen LogP contribution in [0.1, 0.15) is 42.4 Å². The predicted molar refractivity (Wildman–Crippen MR) is 81.2 cm³/mol. The molecule has 0 spiro atoms. The Morgan fingerprint density at radius 3 is 2.48 bits per heavy atom. The average Bonchev–Trinajstić information content (AvgIpc) is 2.43. The van der Waals surface area contributed by atoms with Gasteiger partial charge >= 0.3 is 5.97 Å². The normalized spacial score (nSPS) is 18.6. The van der Waals surface area contributed by atoms with E-state index in [0.29, 0.717) is 25.8 Å². The Balaban J connectivity index is 1.98. The topological polar surface area (TPSA) is 57.6 Å². The molecule has 0 bridgehead atoms. The molecule has 0 radical (unpaired) electrons. The third-order valence-corrected chi connectivity index (χ3v) is 4.02. The molecule has 1 unspecified atom stereocenters. The highest BCUT2D eigenvalue weighted by molar-refractivity contribution is 5.84. The van der Waals surface area contributed by atoms with E-state index in [1.807, 2.05) is 13.8 Å². The molecule has 4 heteroatoms. The Morgan fingerprint density at radius 2 is 1.86 bits per heavy atom. The van der Waals surface area contributed by atoms with Crippen molar-refractivity contribution in [1.82, 2.24) is 4.90 Å². The molecule has 1 aliphatic heterocycles. The van der Waals surface area contributed by atoms with Crippen LogP contribution in [0.2, 0.25) is 0 Å². The lowest BCUT2D eigenvalue weighted by molar-refractivity contribution is -0.152. The minimum Gasteiger partial charge on any atom is -0.480 e. The first-order valence-electron chi connectivity index (χ1n) is 7.57. The van der Waals surface area contributed by atoms with Gasteiger partial charge in [0.1, 0.15) is 6.04 Å². The van der Waals surface area contributed by atoms with E-state index in [1.165, 1.54) is 11.1 Å². The molecule has 114 valence electrons. The third kappa shape index (κ3) is 4.06. The van der Waals surface area contributed by atoms with Crippen LogP contribution in [0.5, 0.6) is 0 Å². The summed E-state index contributed by atoms with van der Waals surface area (Å²) in [5.41, 5.74) is 3.53. The number of nitrogens with zero attached hydrogens (tertiary/aromatic N) is 1. The maximum atomic E-state index is 12.3. The maximum Gasteiger partial charge on any atom is 0.326 e. The number of carbonyl (C=O) groups excluding carboxylic acids is 1. The van der Waals surface area contributed by atoms with E-state index in [1.54, 1.807) is 4.90 Å². The van der Waals surface area contributed by atoms with Gasteiger partial charge in [-0.1, -0.05) is 29.3 Å². The van der Waals surface area contributed by atoms with Crippen molar-refractivity contribution in [3.05, 3.63) is 34.9 Å². The molecule has 0 aromatic heterocycles. The number of hydrogen-bond acceptors (Lipinski definition) is 2. The molecule has 21 heavy (non-hydrogen) atoms. The van der Waals surface area contributed by atoms with Crippen molar-refractivity contribution >= 4 is 11.9 Å². The molecule has 1 saturated heterocycles. The van der Waals surface area contributed by atoms with E-state index in [2.05, 4.69) is 18.2 Å². The van der Waals surface area contributed by atoms with Crippen LogP contribution in [-0.4, -0.2) is 34.5 Å². The highest BCUT2D eigenvalue weighted by Gasteiger charge is 2.31. The molecule has 0 aliphatic carbocycles. The molecule has 1 aromatic rings. The summed E-state index contributed by atoms with van der Waals surface area (Å²) < 4.78 is 0. The number of aliphatic carboxylic acids is 1. The van der Waals surface area contributed by atoms with Crippen molar-refractivity contribution in [3.63, 3.8) is 0 Å². The standard InChI is InChI=1S/C17H23NO3/c1-12-9-13(2)11-14(10-12)6-7-16(19)18-8-4-3-5-15(18)17(20)21/h9-11,15H,3-8H2,1-2H3,(H,20,21). The number of likely N-dealkylation sites (tertiary alicyclic amines) is 1. The molecule has 1 atom stereocenters. The summed E-state index contributed by atoms with van der Waals surface area (Å²) in [4.78, 5) is 25.1. The van der Waals surface area contributed by atoms with Gasteiger partial charge in [0.25, 0.3) is 0 Å². The van der Waals surface area contributed by atoms with Crippen LogP contribution >= 0.6 is 0 Å². The summed E-state index contributed by atoms with van der Waals surface area (Å²) in [7, 11) is 0. The lowest BCUT2D eigenvalue weighted by Crippen LogP contribution is -2.48. The molecule has 1 N–H and O–H groups in total. The van der Waals surface area contributed by atoms with E-state index < -0.39 is 12.0 Å². The van der Waals surface area contributed by atoms with E-state index in [4.69, 9.17) is 0 Å². The molecule has 2 rings (SSSR count). The second kappa shape index (κ2) is 6.74. The first-order valence-corrected chi connectivity index (χ1v) is 7.57. The van der Waals surface area contributed by atoms with Gasteiger partial charge in [0.05, 0.1) is 0 Å². The Hall–Kier alpha value is -1.84. The summed E-state index contributed by atoms with van der Waals surface area (Å²) in [6.45, 7) is 4.66. The first-order chi connectivity index (χ1) is 9.97. The van der Waals surface area contributed by atoms with Crippen molar-refractivity contribution in [1.29, 1.82) is 0 Å². The largest absolute Gasteiger partial charge is 0.480 e. The lowest BCUT2D eigenvalue weighted by atomic mass is 10.00. The van der Waals surface area contributed by atoms with Gasteiger partial charge in [-0.05, 0) is 45.1 Å². The molecule has 1 aromatic carbocycles.